The van der Waals surface area contributed by atoms with Gasteiger partial charge in [-0.2, -0.15) is 0 Å². The predicted molar refractivity (Wildman–Crippen MR) is 143 cm³/mol. The van der Waals surface area contributed by atoms with Crippen molar-refractivity contribution in [2.75, 3.05) is 0 Å². The predicted octanol–water partition coefficient (Wildman–Crippen LogP) is 5.27. The molecule has 0 aromatic heterocycles. The summed E-state index contributed by atoms with van der Waals surface area (Å²) >= 11 is 0. The van der Waals surface area contributed by atoms with Gasteiger partial charge in [0.2, 0.25) is 0 Å². The van der Waals surface area contributed by atoms with Crippen molar-refractivity contribution in [2.45, 2.75) is 69.8 Å². The van der Waals surface area contributed by atoms with Crippen LogP contribution in [0.4, 0.5) is 0 Å². The van der Waals surface area contributed by atoms with Crippen molar-refractivity contribution in [3.05, 3.63) is 87.3 Å². The number of carbonyl (C=O) groups is 3. The maximum Gasteiger partial charge on any atom is 0.303 e. The van der Waals surface area contributed by atoms with Crippen molar-refractivity contribution < 1.29 is 23.3 Å². The van der Waals surface area contributed by atoms with Gasteiger partial charge in [0, 0.05) is 29.7 Å². The fraction of sp³-hybridized carbons (Fsp3) is 0.387. The summed E-state index contributed by atoms with van der Waals surface area (Å²) in [6.45, 7) is 9.69. The Morgan fingerprint density at radius 3 is 2.35 bits per heavy atom. The van der Waals surface area contributed by atoms with E-state index in [1.165, 1.54) is 18.6 Å². The maximum absolute atomic E-state index is 14.0. The number of aryl methyl sites for hydroxylation is 2. The first kappa shape index (κ1) is 25.5. The highest BCUT2D eigenvalue weighted by Gasteiger charge is 2.54. The average Bonchev–Trinajstić information content (AvgIpc) is 2.84. The molecule has 0 spiro atoms. The van der Waals surface area contributed by atoms with E-state index in [4.69, 9.17) is 4.74 Å². The van der Waals surface area contributed by atoms with Gasteiger partial charge in [-0.25, -0.2) is 4.21 Å². The van der Waals surface area contributed by atoms with E-state index in [9.17, 15) is 18.6 Å². The zero-order valence-electron chi connectivity index (χ0n) is 21.9. The molecule has 0 aliphatic heterocycles. The van der Waals surface area contributed by atoms with Crippen LogP contribution in [0, 0.1) is 18.8 Å². The number of hydrogen-bond donors (Lipinski definition) is 0. The highest BCUT2D eigenvalue weighted by atomic mass is 32.2. The van der Waals surface area contributed by atoms with Crippen LogP contribution in [0.25, 0.3) is 0 Å². The second-order valence-electron chi connectivity index (χ2n) is 11.3. The molecule has 0 heterocycles. The van der Waals surface area contributed by atoms with Crippen molar-refractivity contribution >= 4 is 28.3 Å². The number of ketones is 2. The summed E-state index contributed by atoms with van der Waals surface area (Å²) in [5, 5.41) is 0. The van der Waals surface area contributed by atoms with E-state index < -0.39 is 34.7 Å². The molecule has 0 N–H and O–H groups in total. The molecule has 6 heteroatoms. The minimum absolute atomic E-state index is 0.0238. The van der Waals surface area contributed by atoms with Gasteiger partial charge >= 0.3 is 5.97 Å². The van der Waals surface area contributed by atoms with Gasteiger partial charge in [-0.1, -0.05) is 62.2 Å². The Hall–Kier alpha value is -3.12. The second kappa shape index (κ2) is 9.32. The van der Waals surface area contributed by atoms with Crippen molar-refractivity contribution in [2.24, 2.45) is 11.8 Å². The van der Waals surface area contributed by atoms with Crippen LogP contribution in [0.15, 0.2) is 70.0 Å². The smallest absolute Gasteiger partial charge is 0.303 e. The lowest BCUT2D eigenvalue weighted by Crippen LogP contribution is -2.50. The summed E-state index contributed by atoms with van der Waals surface area (Å²) in [6.07, 6.45) is 3.87. The van der Waals surface area contributed by atoms with Gasteiger partial charge in [-0.05, 0) is 60.1 Å². The van der Waals surface area contributed by atoms with Crippen LogP contribution in [-0.2, 0) is 41.8 Å². The summed E-state index contributed by atoms with van der Waals surface area (Å²) in [5.74, 6) is -3.04. The van der Waals surface area contributed by atoms with E-state index in [1.807, 2.05) is 25.1 Å². The summed E-state index contributed by atoms with van der Waals surface area (Å²) in [7, 11) is -1.82. The molecule has 2 aromatic rings. The summed E-state index contributed by atoms with van der Waals surface area (Å²) in [6, 6.07) is 13.4. The number of hydrogen-bond acceptors (Lipinski definition) is 5. The zero-order valence-corrected chi connectivity index (χ0v) is 22.7. The molecule has 0 radical (unpaired) electrons. The van der Waals surface area contributed by atoms with E-state index in [2.05, 4.69) is 39.0 Å². The topological polar surface area (TPSA) is 77.5 Å². The Labute approximate surface area is 220 Å². The van der Waals surface area contributed by atoms with Gasteiger partial charge in [-0.3, -0.25) is 14.4 Å². The van der Waals surface area contributed by atoms with Gasteiger partial charge in [0.05, 0.1) is 21.6 Å². The standard InChI is InChI=1S/C31H32O5S/c1-17-9-13-21(14-10-17)37(35)25-16-23(33)28-27-20(15-24(36-18(2)32)29(28)30(25)34)12-11-19-7-6-8-22(26(19)27)31(3,4)5/h6-10,13-16,24,27-29H,11-12H2,1-5H3/t24-,27-,28+,29-,37+/m1/s1. The fourth-order valence-electron chi connectivity index (χ4n) is 6.14. The number of ether oxygens (including phenoxy) is 1. The first-order valence-corrected chi connectivity index (χ1v) is 13.9. The highest BCUT2D eigenvalue weighted by Crippen LogP contribution is 2.53. The van der Waals surface area contributed by atoms with Gasteiger partial charge in [0.25, 0.3) is 0 Å². The molecule has 5 atom stereocenters. The summed E-state index contributed by atoms with van der Waals surface area (Å²) in [5.41, 5.74) is 5.34. The van der Waals surface area contributed by atoms with E-state index in [-0.39, 0.29) is 27.8 Å². The van der Waals surface area contributed by atoms with Crippen LogP contribution < -0.4 is 0 Å². The fourth-order valence-corrected chi connectivity index (χ4v) is 7.32. The third kappa shape index (κ3) is 4.46. The second-order valence-corrected chi connectivity index (χ2v) is 12.8. The molecule has 3 aliphatic carbocycles. The minimum Gasteiger partial charge on any atom is -0.457 e. The van der Waals surface area contributed by atoms with E-state index in [1.54, 1.807) is 12.1 Å². The Kier molecular flexibility index (Phi) is 6.43. The van der Waals surface area contributed by atoms with Crippen LogP contribution >= 0.6 is 0 Å². The third-order valence-electron chi connectivity index (χ3n) is 7.76. The summed E-state index contributed by atoms with van der Waals surface area (Å²) < 4.78 is 19.1. The lowest BCUT2D eigenvalue weighted by Gasteiger charge is -2.46. The molecule has 0 unspecified atom stereocenters. The SMILES string of the molecule is CC(=O)O[C@@H]1C=C2CCc3cccc(C(C)(C)C)c3[C@@H]2[C@@H]2C(=O)C=C([S@@](=O)c3ccc(C)cc3)C(=O)[C@@H]21. The number of benzene rings is 2. The van der Waals surface area contributed by atoms with E-state index in [0.29, 0.717) is 4.90 Å². The minimum atomic E-state index is -1.82. The Bertz CT molecular complexity index is 1390. The maximum atomic E-state index is 14.0. The van der Waals surface area contributed by atoms with Crippen LogP contribution in [0.3, 0.4) is 0 Å². The number of fused-ring (bicyclic) bond motifs is 5. The quantitative estimate of drug-likeness (QED) is 0.410. The number of carbonyl (C=O) groups excluding carboxylic acids is 3. The lowest BCUT2D eigenvalue weighted by molar-refractivity contribution is -0.152. The van der Waals surface area contributed by atoms with Crippen molar-refractivity contribution in [1.29, 1.82) is 0 Å². The molecule has 0 bridgehead atoms. The summed E-state index contributed by atoms with van der Waals surface area (Å²) in [4.78, 5) is 40.4. The number of esters is 1. The molecule has 0 fully saturated rings. The Balaban J connectivity index is 1.67. The number of Topliss-reactive ketones (excluding diaryl/α,β-unsaturated/α-hetero) is 1. The van der Waals surface area contributed by atoms with Crippen LogP contribution in [0.1, 0.15) is 62.3 Å². The largest absolute Gasteiger partial charge is 0.457 e. The van der Waals surface area contributed by atoms with Gasteiger partial charge in [-0.15, -0.1) is 0 Å². The molecule has 0 saturated carbocycles. The monoisotopic (exact) mass is 516 g/mol. The molecule has 37 heavy (non-hydrogen) atoms. The van der Waals surface area contributed by atoms with Crippen molar-refractivity contribution in [1.82, 2.24) is 0 Å². The van der Waals surface area contributed by atoms with Gasteiger partial charge < -0.3 is 4.74 Å². The van der Waals surface area contributed by atoms with E-state index >= 15 is 0 Å². The van der Waals surface area contributed by atoms with E-state index in [0.717, 1.165) is 35.1 Å². The van der Waals surface area contributed by atoms with Crippen molar-refractivity contribution in [3.63, 3.8) is 0 Å². The molecule has 0 saturated heterocycles. The molecular weight excluding hydrogens is 484 g/mol. The normalized spacial score (nSPS) is 25.8. The Morgan fingerprint density at radius 2 is 1.70 bits per heavy atom. The van der Waals surface area contributed by atoms with Gasteiger partial charge in [0.15, 0.2) is 11.6 Å². The first-order valence-electron chi connectivity index (χ1n) is 12.8. The van der Waals surface area contributed by atoms with Crippen LogP contribution in [-0.4, -0.2) is 27.8 Å². The molecule has 5 rings (SSSR count). The molecule has 0 amide bonds. The lowest BCUT2D eigenvalue weighted by atomic mass is 9.58. The van der Waals surface area contributed by atoms with Gasteiger partial charge in [0.1, 0.15) is 6.10 Å². The highest BCUT2D eigenvalue weighted by molar-refractivity contribution is 7.90. The molecule has 5 nitrogen and oxygen atoms in total. The number of allylic oxidation sites excluding steroid dienone is 3. The van der Waals surface area contributed by atoms with Crippen LogP contribution in [0.2, 0.25) is 0 Å². The zero-order chi connectivity index (χ0) is 26.6. The first-order chi connectivity index (χ1) is 17.5. The third-order valence-corrected chi connectivity index (χ3v) is 9.18. The molecule has 192 valence electrons. The number of rotatable bonds is 3. The Morgan fingerprint density at radius 1 is 1.00 bits per heavy atom. The average molecular weight is 517 g/mol. The van der Waals surface area contributed by atoms with Crippen LogP contribution in [0.5, 0.6) is 0 Å². The van der Waals surface area contributed by atoms with Crippen molar-refractivity contribution in [3.8, 4) is 0 Å². The molecule has 2 aromatic carbocycles. The molecular formula is C31H32O5S. The molecule has 3 aliphatic rings.